The molecule has 124 valence electrons. The fourth-order valence-electron chi connectivity index (χ4n) is 2.87. The SMILES string of the molecule is Cc1c(Br)cnc2nc(N3CC(N(C)C(=O)O)C3)c3nncn3c12. The number of carbonyl (C=O) groups is 1. The minimum Gasteiger partial charge on any atom is -0.465 e. The predicted octanol–water partition coefficient (Wildman–Crippen LogP) is 1.54. The Morgan fingerprint density at radius 1 is 1.46 bits per heavy atom. The fraction of sp³-hybridized carbons (Fsp3) is 0.357. The Hall–Kier alpha value is -2.49. The second-order valence-electron chi connectivity index (χ2n) is 5.82. The van der Waals surface area contributed by atoms with Crippen molar-refractivity contribution in [2.24, 2.45) is 0 Å². The van der Waals surface area contributed by atoms with Crippen LogP contribution in [0.2, 0.25) is 0 Å². The summed E-state index contributed by atoms with van der Waals surface area (Å²) in [7, 11) is 1.58. The summed E-state index contributed by atoms with van der Waals surface area (Å²) in [6.45, 7) is 3.12. The lowest BCUT2D eigenvalue weighted by molar-refractivity contribution is 0.130. The summed E-state index contributed by atoms with van der Waals surface area (Å²) in [6.07, 6.45) is 2.44. The third-order valence-electron chi connectivity index (χ3n) is 4.44. The van der Waals surface area contributed by atoms with E-state index in [1.165, 1.54) is 4.90 Å². The van der Waals surface area contributed by atoms with E-state index in [4.69, 9.17) is 5.11 Å². The Morgan fingerprint density at radius 2 is 2.21 bits per heavy atom. The van der Waals surface area contributed by atoms with Gasteiger partial charge < -0.3 is 14.9 Å². The summed E-state index contributed by atoms with van der Waals surface area (Å²) in [5, 5.41) is 17.2. The molecule has 0 aliphatic carbocycles. The van der Waals surface area contributed by atoms with Gasteiger partial charge in [0, 0.05) is 30.8 Å². The Morgan fingerprint density at radius 3 is 2.92 bits per heavy atom. The van der Waals surface area contributed by atoms with Crippen molar-refractivity contribution in [3.8, 4) is 0 Å². The van der Waals surface area contributed by atoms with E-state index in [2.05, 4.69) is 36.1 Å². The summed E-state index contributed by atoms with van der Waals surface area (Å²) < 4.78 is 2.77. The van der Waals surface area contributed by atoms with E-state index < -0.39 is 6.09 Å². The van der Waals surface area contributed by atoms with Crippen LogP contribution in [0.25, 0.3) is 16.8 Å². The van der Waals surface area contributed by atoms with Gasteiger partial charge in [0.25, 0.3) is 0 Å². The average Bonchev–Trinajstić information content (AvgIpc) is 2.98. The molecule has 4 rings (SSSR count). The van der Waals surface area contributed by atoms with Gasteiger partial charge in [-0.1, -0.05) is 0 Å². The Kier molecular flexibility index (Phi) is 3.30. The first-order valence-corrected chi connectivity index (χ1v) is 8.12. The number of hydrogen-bond acceptors (Lipinski definition) is 6. The van der Waals surface area contributed by atoms with Gasteiger partial charge in [-0.2, -0.15) is 0 Å². The predicted molar refractivity (Wildman–Crippen MR) is 90.3 cm³/mol. The van der Waals surface area contributed by atoms with Crippen molar-refractivity contribution >= 4 is 44.7 Å². The lowest BCUT2D eigenvalue weighted by Crippen LogP contribution is -2.60. The molecular formula is C14H14BrN7O2. The van der Waals surface area contributed by atoms with Crippen LogP contribution in [-0.2, 0) is 0 Å². The van der Waals surface area contributed by atoms with Gasteiger partial charge in [0.15, 0.2) is 11.5 Å². The van der Waals surface area contributed by atoms with Crippen molar-refractivity contribution in [1.82, 2.24) is 29.5 Å². The first-order chi connectivity index (χ1) is 11.5. The van der Waals surface area contributed by atoms with Crippen molar-refractivity contribution in [3.05, 3.63) is 22.6 Å². The second-order valence-corrected chi connectivity index (χ2v) is 6.67. The number of nitrogens with zero attached hydrogens (tertiary/aromatic N) is 7. The first-order valence-electron chi connectivity index (χ1n) is 7.32. The molecule has 0 unspecified atom stereocenters. The van der Waals surface area contributed by atoms with Crippen LogP contribution in [0, 0.1) is 6.92 Å². The van der Waals surface area contributed by atoms with E-state index in [9.17, 15) is 4.79 Å². The van der Waals surface area contributed by atoms with E-state index in [0.717, 1.165) is 15.6 Å². The van der Waals surface area contributed by atoms with Gasteiger partial charge in [-0.05, 0) is 28.4 Å². The number of amides is 1. The summed E-state index contributed by atoms with van der Waals surface area (Å²) in [5.74, 6) is 0.671. The molecule has 0 spiro atoms. The van der Waals surface area contributed by atoms with Gasteiger partial charge in [0.2, 0.25) is 5.65 Å². The molecule has 1 aliphatic rings. The molecule has 0 radical (unpaired) electrons. The minimum atomic E-state index is -0.930. The molecule has 1 aliphatic heterocycles. The zero-order valence-electron chi connectivity index (χ0n) is 13.0. The Bertz CT molecular complexity index is 967. The summed E-state index contributed by atoms with van der Waals surface area (Å²) in [6, 6.07) is -0.0532. The summed E-state index contributed by atoms with van der Waals surface area (Å²) in [4.78, 5) is 23.4. The standard InChI is InChI=1S/C14H14BrN7O2/c1-7-9(15)3-16-11-10(7)22-6-17-19-13(22)12(18-11)21-4-8(5-21)20(2)14(23)24/h3,6,8H,4-5H2,1-2H3,(H,23,24). The molecule has 1 amide bonds. The van der Waals surface area contributed by atoms with Gasteiger partial charge in [-0.25, -0.2) is 14.8 Å². The lowest BCUT2D eigenvalue weighted by Gasteiger charge is -2.43. The molecule has 3 aromatic heterocycles. The number of hydrogen-bond donors (Lipinski definition) is 1. The molecule has 1 saturated heterocycles. The van der Waals surface area contributed by atoms with Gasteiger partial charge in [0.05, 0.1) is 11.6 Å². The number of likely N-dealkylation sites (N-methyl/N-ethyl adjacent to an activating group) is 1. The average molecular weight is 392 g/mol. The first kappa shape index (κ1) is 15.1. The fourth-order valence-corrected chi connectivity index (χ4v) is 3.16. The van der Waals surface area contributed by atoms with Gasteiger partial charge in [-0.3, -0.25) is 4.40 Å². The molecule has 3 aromatic rings. The number of rotatable bonds is 2. The number of anilines is 1. The normalized spacial score (nSPS) is 15.0. The van der Waals surface area contributed by atoms with Crippen molar-refractivity contribution < 1.29 is 9.90 Å². The van der Waals surface area contributed by atoms with Crippen molar-refractivity contribution in [2.45, 2.75) is 13.0 Å². The van der Waals surface area contributed by atoms with E-state index in [0.29, 0.717) is 30.2 Å². The van der Waals surface area contributed by atoms with Crippen LogP contribution in [0.5, 0.6) is 0 Å². The van der Waals surface area contributed by atoms with E-state index in [1.807, 2.05) is 16.2 Å². The zero-order chi connectivity index (χ0) is 17.0. The highest BCUT2D eigenvalue weighted by atomic mass is 79.9. The van der Waals surface area contributed by atoms with E-state index in [-0.39, 0.29) is 6.04 Å². The Labute approximate surface area is 145 Å². The van der Waals surface area contributed by atoms with Crippen molar-refractivity contribution in [1.29, 1.82) is 0 Å². The smallest absolute Gasteiger partial charge is 0.407 e. The number of carboxylic acid groups (broad SMARTS) is 1. The summed E-state index contributed by atoms with van der Waals surface area (Å²) >= 11 is 3.48. The maximum Gasteiger partial charge on any atom is 0.407 e. The highest BCUT2D eigenvalue weighted by Gasteiger charge is 2.35. The summed E-state index contributed by atoms with van der Waals surface area (Å²) in [5.41, 5.74) is 3.11. The molecule has 0 aromatic carbocycles. The molecule has 4 heterocycles. The van der Waals surface area contributed by atoms with Crippen LogP contribution in [-0.4, -0.2) is 66.8 Å². The van der Waals surface area contributed by atoms with Gasteiger partial charge in [0.1, 0.15) is 6.33 Å². The topological polar surface area (TPSA) is 99.8 Å². The van der Waals surface area contributed by atoms with Crippen LogP contribution in [0.1, 0.15) is 5.56 Å². The molecule has 1 N–H and O–H groups in total. The third kappa shape index (κ3) is 2.09. The molecule has 0 saturated carbocycles. The van der Waals surface area contributed by atoms with Crippen LogP contribution >= 0.6 is 15.9 Å². The molecule has 0 atom stereocenters. The molecule has 10 heteroatoms. The maximum atomic E-state index is 11.0. The zero-order valence-corrected chi connectivity index (χ0v) is 14.6. The third-order valence-corrected chi connectivity index (χ3v) is 5.24. The van der Waals surface area contributed by atoms with Crippen LogP contribution in [0.15, 0.2) is 17.0 Å². The minimum absolute atomic E-state index is 0.0532. The van der Waals surface area contributed by atoms with Gasteiger partial charge in [-0.15, -0.1) is 10.2 Å². The number of pyridine rings is 1. The molecular weight excluding hydrogens is 378 g/mol. The monoisotopic (exact) mass is 391 g/mol. The Balaban J connectivity index is 1.79. The van der Waals surface area contributed by atoms with E-state index in [1.54, 1.807) is 19.6 Å². The van der Waals surface area contributed by atoms with Crippen LogP contribution in [0.4, 0.5) is 10.6 Å². The number of aromatic nitrogens is 5. The quantitative estimate of drug-likeness (QED) is 0.706. The number of fused-ring (bicyclic) bond motifs is 3. The number of aryl methyl sites for hydroxylation is 1. The molecule has 1 fully saturated rings. The lowest BCUT2D eigenvalue weighted by atomic mass is 10.1. The maximum absolute atomic E-state index is 11.0. The second kappa shape index (κ2) is 5.26. The van der Waals surface area contributed by atoms with Crippen LogP contribution < -0.4 is 4.90 Å². The number of halogens is 1. The highest BCUT2D eigenvalue weighted by molar-refractivity contribution is 9.10. The molecule has 24 heavy (non-hydrogen) atoms. The van der Waals surface area contributed by atoms with Gasteiger partial charge >= 0.3 is 6.09 Å². The van der Waals surface area contributed by atoms with Crippen molar-refractivity contribution in [3.63, 3.8) is 0 Å². The van der Waals surface area contributed by atoms with Crippen LogP contribution in [0.3, 0.4) is 0 Å². The highest BCUT2D eigenvalue weighted by Crippen LogP contribution is 2.30. The van der Waals surface area contributed by atoms with Crippen molar-refractivity contribution in [2.75, 3.05) is 25.0 Å². The molecule has 0 bridgehead atoms. The largest absolute Gasteiger partial charge is 0.465 e. The molecule has 9 nitrogen and oxygen atoms in total. The van der Waals surface area contributed by atoms with E-state index >= 15 is 0 Å².